The number of nitrogens with one attached hydrogen (secondary N) is 2. The SMILES string of the molecule is COc1ccc(NNC(=O)Cc2ccc(OC(C)=O)cc2)cc1. The fourth-order valence-corrected chi connectivity index (χ4v) is 1.89. The maximum atomic E-state index is 11.9. The third-order valence-electron chi connectivity index (χ3n) is 2.99. The van der Waals surface area contributed by atoms with Crippen molar-refractivity contribution in [1.29, 1.82) is 0 Å². The van der Waals surface area contributed by atoms with E-state index in [1.54, 1.807) is 55.6 Å². The minimum absolute atomic E-state index is 0.180. The molecule has 2 aromatic rings. The molecular formula is C17H18N2O4. The first kappa shape index (κ1) is 16.4. The number of esters is 1. The Morgan fingerprint density at radius 1 is 0.957 bits per heavy atom. The molecule has 0 saturated carbocycles. The van der Waals surface area contributed by atoms with Crippen LogP contribution < -0.4 is 20.3 Å². The quantitative estimate of drug-likeness (QED) is 0.486. The van der Waals surface area contributed by atoms with Gasteiger partial charge >= 0.3 is 5.97 Å². The molecule has 0 radical (unpaired) electrons. The van der Waals surface area contributed by atoms with Gasteiger partial charge in [0.1, 0.15) is 11.5 Å². The Morgan fingerprint density at radius 3 is 2.13 bits per heavy atom. The molecule has 0 aromatic heterocycles. The van der Waals surface area contributed by atoms with Crippen molar-refractivity contribution >= 4 is 17.6 Å². The van der Waals surface area contributed by atoms with E-state index in [1.807, 2.05) is 0 Å². The van der Waals surface area contributed by atoms with Crippen LogP contribution in [-0.4, -0.2) is 19.0 Å². The number of hydrazine groups is 1. The van der Waals surface area contributed by atoms with Gasteiger partial charge in [0.25, 0.3) is 0 Å². The van der Waals surface area contributed by atoms with Crippen molar-refractivity contribution in [1.82, 2.24) is 5.43 Å². The highest BCUT2D eigenvalue weighted by Gasteiger charge is 2.04. The van der Waals surface area contributed by atoms with E-state index in [4.69, 9.17) is 9.47 Å². The Kier molecular flexibility index (Phi) is 5.57. The number of carbonyl (C=O) groups is 2. The van der Waals surface area contributed by atoms with Gasteiger partial charge in [0, 0.05) is 6.92 Å². The summed E-state index contributed by atoms with van der Waals surface area (Å²) < 4.78 is 10.00. The molecule has 0 fully saturated rings. The van der Waals surface area contributed by atoms with Crippen molar-refractivity contribution in [3.63, 3.8) is 0 Å². The predicted molar refractivity (Wildman–Crippen MR) is 86.2 cm³/mol. The molecule has 0 bridgehead atoms. The second-order valence-corrected chi connectivity index (χ2v) is 4.82. The third kappa shape index (κ3) is 5.35. The zero-order chi connectivity index (χ0) is 16.7. The lowest BCUT2D eigenvalue weighted by atomic mass is 10.1. The summed E-state index contributed by atoms with van der Waals surface area (Å²) in [5.74, 6) is 0.646. The number of ether oxygens (including phenoxy) is 2. The summed E-state index contributed by atoms with van der Waals surface area (Å²) in [6.07, 6.45) is 0.212. The molecule has 1 amide bonds. The van der Waals surface area contributed by atoms with Gasteiger partial charge in [-0.1, -0.05) is 12.1 Å². The molecule has 0 aliphatic carbocycles. The topological polar surface area (TPSA) is 76.7 Å². The maximum absolute atomic E-state index is 11.9. The molecule has 2 aromatic carbocycles. The minimum Gasteiger partial charge on any atom is -0.497 e. The van der Waals surface area contributed by atoms with Crippen LogP contribution in [0.2, 0.25) is 0 Å². The monoisotopic (exact) mass is 314 g/mol. The number of methoxy groups -OCH3 is 1. The van der Waals surface area contributed by atoms with Crippen LogP contribution in [0.1, 0.15) is 12.5 Å². The van der Waals surface area contributed by atoms with Crippen LogP contribution in [0, 0.1) is 0 Å². The molecule has 23 heavy (non-hydrogen) atoms. The van der Waals surface area contributed by atoms with Crippen LogP contribution in [0.25, 0.3) is 0 Å². The second-order valence-electron chi connectivity index (χ2n) is 4.82. The van der Waals surface area contributed by atoms with E-state index in [0.29, 0.717) is 5.75 Å². The van der Waals surface area contributed by atoms with Crippen molar-refractivity contribution in [3.05, 3.63) is 54.1 Å². The fraction of sp³-hybridized carbons (Fsp3) is 0.176. The van der Waals surface area contributed by atoms with Gasteiger partial charge in [-0.25, -0.2) is 0 Å². The molecule has 0 atom stereocenters. The Morgan fingerprint density at radius 2 is 1.57 bits per heavy atom. The summed E-state index contributed by atoms with van der Waals surface area (Å²) >= 11 is 0. The summed E-state index contributed by atoms with van der Waals surface area (Å²) in [5, 5.41) is 0. The summed E-state index contributed by atoms with van der Waals surface area (Å²) in [6.45, 7) is 1.34. The largest absolute Gasteiger partial charge is 0.497 e. The van der Waals surface area contributed by atoms with E-state index in [1.165, 1.54) is 6.92 Å². The Hall–Kier alpha value is -3.02. The Labute approximate surface area is 134 Å². The summed E-state index contributed by atoms with van der Waals surface area (Å²) in [4.78, 5) is 22.7. The van der Waals surface area contributed by atoms with Crippen molar-refractivity contribution in [2.75, 3.05) is 12.5 Å². The molecule has 2 N–H and O–H groups in total. The van der Waals surface area contributed by atoms with Gasteiger partial charge < -0.3 is 9.47 Å². The predicted octanol–water partition coefficient (Wildman–Crippen LogP) is 2.31. The van der Waals surface area contributed by atoms with Crippen molar-refractivity contribution < 1.29 is 19.1 Å². The number of amides is 1. The normalized spacial score (nSPS) is 9.83. The average Bonchev–Trinajstić information content (AvgIpc) is 2.55. The van der Waals surface area contributed by atoms with Gasteiger partial charge in [0.05, 0.1) is 19.2 Å². The number of benzene rings is 2. The number of hydrogen-bond acceptors (Lipinski definition) is 5. The van der Waals surface area contributed by atoms with E-state index in [9.17, 15) is 9.59 Å². The summed E-state index contributed by atoms with van der Waals surface area (Å²) in [5.41, 5.74) is 7.01. The van der Waals surface area contributed by atoms with Crippen molar-refractivity contribution in [3.8, 4) is 11.5 Å². The maximum Gasteiger partial charge on any atom is 0.308 e. The highest BCUT2D eigenvalue weighted by Crippen LogP contribution is 2.15. The Balaban J connectivity index is 1.82. The van der Waals surface area contributed by atoms with Crippen molar-refractivity contribution in [2.24, 2.45) is 0 Å². The molecular weight excluding hydrogens is 296 g/mol. The third-order valence-corrected chi connectivity index (χ3v) is 2.99. The van der Waals surface area contributed by atoms with Crippen LogP contribution in [0.4, 0.5) is 5.69 Å². The Bertz CT molecular complexity index is 666. The zero-order valence-corrected chi connectivity index (χ0v) is 13.0. The van der Waals surface area contributed by atoms with E-state index >= 15 is 0 Å². The van der Waals surface area contributed by atoms with Crippen LogP contribution in [0.15, 0.2) is 48.5 Å². The number of rotatable bonds is 6. The number of anilines is 1. The lowest BCUT2D eigenvalue weighted by Crippen LogP contribution is -2.30. The smallest absolute Gasteiger partial charge is 0.308 e. The lowest BCUT2D eigenvalue weighted by molar-refractivity contribution is -0.131. The number of carbonyl (C=O) groups excluding carboxylic acids is 2. The summed E-state index contributed by atoms with van der Waals surface area (Å²) in [6, 6.07) is 14.0. The molecule has 120 valence electrons. The molecule has 0 aliphatic rings. The molecule has 0 aliphatic heterocycles. The highest BCUT2D eigenvalue weighted by molar-refractivity contribution is 5.80. The zero-order valence-electron chi connectivity index (χ0n) is 13.0. The van der Waals surface area contributed by atoms with Gasteiger partial charge in [-0.15, -0.1) is 0 Å². The van der Waals surface area contributed by atoms with E-state index in [0.717, 1.165) is 17.0 Å². The van der Waals surface area contributed by atoms with Gasteiger partial charge in [-0.2, -0.15) is 0 Å². The first-order valence-electron chi connectivity index (χ1n) is 7.03. The minimum atomic E-state index is -0.376. The molecule has 0 heterocycles. The molecule has 2 rings (SSSR count). The van der Waals surface area contributed by atoms with E-state index < -0.39 is 0 Å². The molecule has 0 saturated heterocycles. The van der Waals surface area contributed by atoms with Gasteiger partial charge in [0.15, 0.2) is 0 Å². The van der Waals surface area contributed by atoms with Gasteiger partial charge in [0.2, 0.25) is 5.91 Å². The fourth-order valence-electron chi connectivity index (χ4n) is 1.89. The first-order valence-corrected chi connectivity index (χ1v) is 7.03. The summed E-state index contributed by atoms with van der Waals surface area (Å²) in [7, 11) is 1.59. The van der Waals surface area contributed by atoms with Crippen LogP contribution >= 0.6 is 0 Å². The first-order chi connectivity index (χ1) is 11.1. The number of hydrogen-bond donors (Lipinski definition) is 2. The molecule has 0 unspecified atom stereocenters. The van der Waals surface area contributed by atoms with Crippen LogP contribution in [-0.2, 0) is 16.0 Å². The average molecular weight is 314 g/mol. The molecule has 6 heteroatoms. The van der Waals surface area contributed by atoms with Crippen molar-refractivity contribution in [2.45, 2.75) is 13.3 Å². The van der Waals surface area contributed by atoms with Crippen LogP contribution in [0.5, 0.6) is 11.5 Å². The molecule has 6 nitrogen and oxygen atoms in total. The lowest BCUT2D eigenvalue weighted by Gasteiger charge is -2.09. The standard InChI is InChI=1S/C17H18N2O4/c1-12(20)23-16-7-3-13(4-8-16)11-17(21)19-18-14-5-9-15(22-2)10-6-14/h3-10,18H,11H2,1-2H3,(H,19,21). The van der Waals surface area contributed by atoms with Gasteiger partial charge in [-0.05, 0) is 42.0 Å². The van der Waals surface area contributed by atoms with E-state index in [2.05, 4.69) is 10.9 Å². The van der Waals surface area contributed by atoms with Gasteiger partial charge in [-0.3, -0.25) is 20.4 Å². The van der Waals surface area contributed by atoms with Crippen LogP contribution in [0.3, 0.4) is 0 Å². The molecule has 0 spiro atoms. The highest BCUT2D eigenvalue weighted by atomic mass is 16.5. The van der Waals surface area contributed by atoms with E-state index in [-0.39, 0.29) is 18.3 Å². The second kappa shape index (κ2) is 7.84.